The highest BCUT2D eigenvalue weighted by atomic mass is 32.2. The van der Waals surface area contributed by atoms with Gasteiger partial charge in [-0.05, 0) is 46.6 Å². The zero-order chi connectivity index (χ0) is 19.8. The lowest BCUT2D eigenvalue weighted by molar-refractivity contribution is -0.385. The van der Waals surface area contributed by atoms with Crippen LogP contribution in [0, 0.1) is 27.3 Å². The number of rotatable bonds is 7. The first-order valence-corrected chi connectivity index (χ1v) is 10.3. The average molecular weight is 400 g/mol. The first-order chi connectivity index (χ1) is 11.9. The van der Waals surface area contributed by atoms with Crippen LogP contribution in [0.3, 0.4) is 0 Å². The van der Waals surface area contributed by atoms with Crippen LogP contribution in [-0.4, -0.2) is 24.7 Å². The lowest BCUT2D eigenvalue weighted by Gasteiger charge is -2.35. The summed E-state index contributed by atoms with van der Waals surface area (Å²) in [7, 11) is 0. The third kappa shape index (κ3) is 4.68. The molecule has 1 aliphatic carbocycles. The van der Waals surface area contributed by atoms with Gasteiger partial charge in [-0.2, -0.15) is 5.26 Å². The fraction of sp³-hybridized carbons (Fsp3) is 0.588. The fourth-order valence-corrected chi connectivity index (χ4v) is 4.49. The summed E-state index contributed by atoms with van der Waals surface area (Å²) in [4.78, 5) is 10.5. The summed E-state index contributed by atoms with van der Waals surface area (Å²) < 4.78 is 29.1. The number of nitrogens with zero attached hydrogens (tertiary/aromatic N) is 2. The molecule has 1 unspecified atom stereocenters. The summed E-state index contributed by atoms with van der Waals surface area (Å²) in [5.74, 6) is -0.348. The van der Waals surface area contributed by atoms with E-state index in [1.165, 1.54) is 17.8 Å². The minimum absolute atomic E-state index is 0.0746. The van der Waals surface area contributed by atoms with Crippen LogP contribution in [0.15, 0.2) is 18.2 Å². The molecule has 0 spiro atoms. The Kier molecular flexibility index (Phi) is 5.93. The molecule has 0 radical (unpaired) electrons. The van der Waals surface area contributed by atoms with Crippen molar-refractivity contribution in [1.82, 2.24) is 4.72 Å². The summed E-state index contributed by atoms with van der Waals surface area (Å²) in [6.07, 6.45) is 1.51. The van der Waals surface area contributed by atoms with E-state index in [4.69, 9.17) is 0 Å². The van der Waals surface area contributed by atoms with Crippen molar-refractivity contribution in [2.45, 2.75) is 55.6 Å². The van der Waals surface area contributed by atoms with Crippen LogP contribution >= 0.6 is 11.8 Å². The molecule has 2 rings (SSSR count). The Balaban J connectivity index is 2.41. The van der Waals surface area contributed by atoms with E-state index in [0.29, 0.717) is 0 Å². The van der Waals surface area contributed by atoms with Crippen LogP contribution in [0.2, 0.25) is 0 Å². The number of thioether (sulfide) groups is 1. The van der Waals surface area contributed by atoms with Gasteiger partial charge in [-0.15, -0.1) is 16.5 Å². The van der Waals surface area contributed by atoms with Gasteiger partial charge < -0.3 is 4.55 Å². The van der Waals surface area contributed by atoms with E-state index in [9.17, 15) is 24.3 Å². The minimum atomic E-state index is -1.53. The Hall–Kier alpha value is -1.34. The number of nitro groups is 1. The number of hydrogen-bond donors (Lipinski definition) is 1. The monoisotopic (exact) mass is 399 g/mol. The Labute approximate surface area is 160 Å². The van der Waals surface area contributed by atoms with E-state index in [0.717, 1.165) is 25.0 Å². The van der Waals surface area contributed by atoms with Gasteiger partial charge in [0.25, 0.3) is 5.69 Å². The number of halogens is 1. The van der Waals surface area contributed by atoms with Crippen LogP contribution in [0.25, 0.3) is 0 Å². The van der Waals surface area contributed by atoms with Crippen molar-refractivity contribution in [2.24, 2.45) is 0 Å². The molecule has 0 bridgehead atoms. The van der Waals surface area contributed by atoms with E-state index in [1.807, 2.05) is 0 Å². The minimum Gasteiger partial charge on any atom is -0.598 e. The number of non-ortho nitro benzene ring substituents is 1. The van der Waals surface area contributed by atoms with Crippen LogP contribution < -0.4 is 4.72 Å². The number of nitrogens with one attached hydrogen (secondary N) is 1. The second-order valence-electron chi connectivity index (χ2n) is 7.63. The van der Waals surface area contributed by atoms with E-state index in [-0.39, 0.29) is 17.0 Å². The molecule has 1 aromatic rings. The lowest BCUT2D eigenvalue weighted by atomic mass is 9.94. The molecule has 9 heteroatoms. The maximum Gasteiger partial charge on any atom is 0.269 e. The molecule has 0 amide bonds. The molecule has 0 aromatic heterocycles. The van der Waals surface area contributed by atoms with Crippen LogP contribution in [-0.2, 0) is 16.9 Å². The maximum atomic E-state index is 14.6. The second kappa shape index (κ2) is 7.35. The third-order valence-electron chi connectivity index (χ3n) is 4.17. The van der Waals surface area contributed by atoms with Gasteiger partial charge in [0.2, 0.25) is 0 Å². The van der Waals surface area contributed by atoms with Gasteiger partial charge in [0.15, 0.2) is 0 Å². The topological polar surface area (TPSA) is 102 Å². The summed E-state index contributed by atoms with van der Waals surface area (Å²) in [6.45, 7) is 7.01. The zero-order valence-corrected chi connectivity index (χ0v) is 16.8. The Bertz CT molecular complexity index is 744. The smallest absolute Gasteiger partial charge is 0.269 e. The van der Waals surface area contributed by atoms with E-state index in [2.05, 4.69) is 10.8 Å². The van der Waals surface area contributed by atoms with Crippen molar-refractivity contribution in [3.63, 3.8) is 0 Å². The quantitative estimate of drug-likeness (QED) is 0.425. The predicted octanol–water partition coefficient (Wildman–Crippen LogP) is 3.79. The predicted molar refractivity (Wildman–Crippen MR) is 101 cm³/mol. The maximum absolute atomic E-state index is 14.6. The van der Waals surface area contributed by atoms with Gasteiger partial charge >= 0.3 is 0 Å². The Morgan fingerprint density at radius 2 is 2.04 bits per heavy atom. The lowest BCUT2D eigenvalue weighted by Crippen LogP contribution is -2.52. The molecule has 0 saturated heterocycles. The second-order valence-corrected chi connectivity index (χ2v) is 11.0. The number of benzene rings is 1. The number of hydrogen-bond acceptors (Lipinski definition) is 6. The molecule has 1 aromatic carbocycles. The van der Waals surface area contributed by atoms with Gasteiger partial charge in [0.1, 0.15) is 15.3 Å². The normalized spacial score (nSPS) is 19.3. The van der Waals surface area contributed by atoms with Crippen molar-refractivity contribution >= 4 is 28.8 Å². The molecule has 0 aliphatic heterocycles. The van der Waals surface area contributed by atoms with Crippen LogP contribution in [0.1, 0.15) is 46.1 Å². The summed E-state index contributed by atoms with van der Waals surface area (Å²) in [6, 6.07) is 5.59. The molecule has 142 valence electrons. The average Bonchev–Trinajstić information content (AvgIpc) is 3.33. The molecule has 1 N–H and O–H groups in total. The summed E-state index contributed by atoms with van der Waals surface area (Å²) in [5, 5.41) is 20.4. The van der Waals surface area contributed by atoms with Gasteiger partial charge in [-0.1, -0.05) is 0 Å². The molecular weight excluding hydrogens is 377 g/mol. The highest BCUT2D eigenvalue weighted by Crippen LogP contribution is 2.50. The van der Waals surface area contributed by atoms with Crippen LogP contribution in [0.5, 0.6) is 0 Å². The molecule has 1 fully saturated rings. The van der Waals surface area contributed by atoms with Crippen LogP contribution in [0.4, 0.5) is 10.1 Å². The van der Waals surface area contributed by atoms with Crippen molar-refractivity contribution in [3.8, 4) is 6.07 Å². The van der Waals surface area contributed by atoms with Crippen molar-refractivity contribution < 1.29 is 13.9 Å². The molecule has 1 saturated carbocycles. The Morgan fingerprint density at radius 3 is 2.50 bits per heavy atom. The van der Waals surface area contributed by atoms with Crippen molar-refractivity contribution in [2.75, 3.05) is 5.75 Å². The largest absolute Gasteiger partial charge is 0.598 e. The molecule has 1 aliphatic rings. The molecule has 2 atom stereocenters. The van der Waals surface area contributed by atoms with Crippen molar-refractivity contribution in [1.29, 1.82) is 5.26 Å². The standard InChI is InChI=1S/C17H22FN3O3S2/c1-15(2,3)26(24)20-16(4,11-25-17(10-19)7-8-17)13-9-12(21(22)23)5-6-14(13)18/h5-6,9,20H,7-8,11H2,1-4H3/t16-,26?/m1/s1. The molecule has 0 heterocycles. The third-order valence-corrected chi connectivity index (χ3v) is 7.70. The van der Waals surface area contributed by atoms with Crippen molar-refractivity contribution in [3.05, 3.63) is 39.7 Å². The van der Waals surface area contributed by atoms with E-state index >= 15 is 0 Å². The van der Waals surface area contributed by atoms with Gasteiger partial charge in [-0.3, -0.25) is 10.1 Å². The number of nitro benzene ring substituents is 1. The summed E-state index contributed by atoms with van der Waals surface area (Å²) in [5.41, 5.74) is -1.29. The van der Waals surface area contributed by atoms with Gasteiger partial charge in [-0.25, -0.2) is 4.39 Å². The highest BCUT2D eigenvalue weighted by molar-refractivity contribution is 8.01. The highest BCUT2D eigenvalue weighted by Gasteiger charge is 2.47. The Morgan fingerprint density at radius 1 is 1.42 bits per heavy atom. The first-order valence-electron chi connectivity index (χ1n) is 8.12. The number of nitriles is 1. The molecular formula is C17H22FN3O3S2. The SMILES string of the molecule is CC(C)(C)[S+]([O-])N[C@](C)(CSC1(C#N)CC1)c1cc([N+](=O)[O-])ccc1F. The van der Waals surface area contributed by atoms with Gasteiger partial charge in [0, 0.05) is 34.8 Å². The fourth-order valence-electron chi connectivity index (χ4n) is 2.25. The van der Waals surface area contributed by atoms with E-state index in [1.54, 1.807) is 27.7 Å². The molecule has 26 heavy (non-hydrogen) atoms. The van der Waals surface area contributed by atoms with Gasteiger partial charge in [0.05, 0.1) is 16.5 Å². The first kappa shape index (κ1) is 21.0. The van der Waals surface area contributed by atoms with E-state index < -0.39 is 37.1 Å². The zero-order valence-electron chi connectivity index (χ0n) is 15.2. The molecule has 6 nitrogen and oxygen atoms in total. The summed E-state index contributed by atoms with van der Waals surface area (Å²) >= 11 is -0.153.